The zero-order chi connectivity index (χ0) is 23.5. The molecule has 170 valence electrons. The molecule has 0 N–H and O–H groups in total. The lowest BCUT2D eigenvalue weighted by Crippen LogP contribution is -2.16. The second-order valence-corrected chi connectivity index (χ2v) is 8.68. The molecule has 0 aliphatic carbocycles. The van der Waals surface area contributed by atoms with Crippen molar-refractivity contribution in [3.8, 4) is 16.9 Å². The molecule has 6 heteroatoms. The lowest BCUT2D eigenvalue weighted by Gasteiger charge is -2.13. The van der Waals surface area contributed by atoms with Crippen LogP contribution in [0.1, 0.15) is 11.3 Å². The van der Waals surface area contributed by atoms with Gasteiger partial charge in [-0.25, -0.2) is 4.98 Å². The molecular formula is C28H24ClN3O2. The van der Waals surface area contributed by atoms with Crippen molar-refractivity contribution in [2.45, 2.75) is 13.0 Å². The summed E-state index contributed by atoms with van der Waals surface area (Å²) in [5.74, 6) is 0.753. The van der Waals surface area contributed by atoms with E-state index >= 15 is 0 Å². The molecule has 0 atom stereocenters. The van der Waals surface area contributed by atoms with Crippen molar-refractivity contribution in [2.24, 2.45) is 7.05 Å². The average molecular weight is 470 g/mol. The Morgan fingerprint density at radius 1 is 0.971 bits per heavy atom. The summed E-state index contributed by atoms with van der Waals surface area (Å²) in [6, 6.07) is 25.4. The van der Waals surface area contributed by atoms with Crippen molar-refractivity contribution in [3.63, 3.8) is 0 Å². The number of rotatable bonds is 7. The topological polar surface area (TPSA) is 49.1 Å². The predicted molar refractivity (Wildman–Crippen MR) is 137 cm³/mol. The monoisotopic (exact) mass is 469 g/mol. The van der Waals surface area contributed by atoms with Crippen LogP contribution in [-0.4, -0.2) is 20.7 Å². The van der Waals surface area contributed by atoms with Crippen LogP contribution in [-0.2, 0) is 20.0 Å². The number of ether oxygens (including phenoxy) is 1. The minimum atomic E-state index is -0.0668. The highest BCUT2D eigenvalue weighted by Gasteiger charge is 2.11. The highest BCUT2D eigenvalue weighted by molar-refractivity contribution is 6.30. The van der Waals surface area contributed by atoms with Gasteiger partial charge in [0.15, 0.2) is 0 Å². The number of pyridine rings is 1. The maximum Gasteiger partial charge on any atom is 0.251 e. The van der Waals surface area contributed by atoms with E-state index in [1.807, 2.05) is 73.2 Å². The first-order chi connectivity index (χ1) is 16.6. The van der Waals surface area contributed by atoms with Gasteiger partial charge in [0.1, 0.15) is 5.75 Å². The number of nitrogens with zero attached hydrogens (tertiary/aromatic N) is 3. The fourth-order valence-electron chi connectivity index (χ4n) is 4.18. The Morgan fingerprint density at radius 2 is 1.82 bits per heavy atom. The molecule has 0 radical (unpaired) electrons. The number of hydrogen-bond acceptors (Lipinski definition) is 3. The van der Waals surface area contributed by atoms with Gasteiger partial charge in [0, 0.05) is 48.4 Å². The van der Waals surface area contributed by atoms with E-state index in [-0.39, 0.29) is 5.56 Å². The first-order valence-corrected chi connectivity index (χ1v) is 11.5. The number of benzene rings is 3. The number of hydrogen-bond donors (Lipinski definition) is 0. The molecular weight excluding hydrogens is 446 g/mol. The van der Waals surface area contributed by atoms with Gasteiger partial charge in [0.05, 0.1) is 18.5 Å². The molecule has 0 aliphatic rings. The molecule has 3 aromatic carbocycles. The fourth-order valence-corrected chi connectivity index (χ4v) is 4.37. The summed E-state index contributed by atoms with van der Waals surface area (Å²) in [7, 11) is 1.78. The van der Waals surface area contributed by atoms with Crippen LogP contribution in [0.2, 0.25) is 5.02 Å². The van der Waals surface area contributed by atoms with E-state index in [4.69, 9.17) is 16.3 Å². The molecule has 5 rings (SSSR count). The zero-order valence-electron chi connectivity index (χ0n) is 18.8. The largest absolute Gasteiger partial charge is 0.493 e. The molecule has 0 spiro atoms. The van der Waals surface area contributed by atoms with Crippen LogP contribution >= 0.6 is 11.6 Å². The fraction of sp³-hybridized carbons (Fsp3) is 0.143. The Balaban J connectivity index is 1.38. The van der Waals surface area contributed by atoms with Gasteiger partial charge >= 0.3 is 0 Å². The van der Waals surface area contributed by atoms with Crippen molar-refractivity contribution in [1.82, 2.24) is 14.1 Å². The Hall–Kier alpha value is -3.83. The predicted octanol–water partition coefficient (Wildman–Crippen LogP) is 5.73. The van der Waals surface area contributed by atoms with E-state index in [0.717, 1.165) is 46.4 Å². The van der Waals surface area contributed by atoms with Crippen molar-refractivity contribution in [1.29, 1.82) is 0 Å². The summed E-state index contributed by atoms with van der Waals surface area (Å²) in [6.45, 7) is 1.30. The molecule has 0 fully saturated rings. The molecule has 0 unspecified atom stereocenters. The van der Waals surface area contributed by atoms with Gasteiger partial charge in [-0.3, -0.25) is 4.79 Å². The van der Waals surface area contributed by atoms with Crippen molar-refractivity contribution in [2.75, 3.05) is 6.61 Å². The molecule has 0 aliphatic heterocycles. The van der Waals surface area contributed by atoms with E-state index in [2.05, 4.69) is 21.7 Å². The van der Waals surface area contributed by atoms with Crippen molar-refractivity contribution in [3.05, 3.63) is 118 Å². The van der Waals surface area contributed by atoms with Gasteiger partial charge in [0.25, 0.3) is 5.56 Å². The number of fused-ring (bicyclic) bond motifs is 1. The molecule has 0 amide bonds. The third kappa shape index (κ3) is 4.61. The third-order valence-electron chi connectivity index (χ3n) is 5.97. The summed E-state index contributed by atoms with van der Waals surface area (Å²) in [5, 5.41) is 1.57. The molecule has 0 saturated carbocycles. The maximum atomic E-state index is 12.6. The first-order valence-electron chi connectivity index (χ1n) is 11.1. The molecule has 2 heterocycles. The van der Waals surface area contributed by atoms with Crippen LogP contribution in [0, 0.1) is 0 Å². The van der Waals surface area contributed by atoms with E-state index in [1.54, 1.807) is 17.7 Å². The Kier molecular flexibility index (Phi) is 6.19. The van der Waals surface area contributed by atoms with Crippen LogP contribution in [0.15, 0.2) is 96.2 Å². The summed E-state index contributed by atoms with van der Waals surface area (Å²) in [6.07, 6.45) is 4.48. The minimum absolute atomic E-state index is 0.0668. The third-order valence-corrected chi connectivity index (χ3v) is 6.21. The highest BCUT2D eigenvalue weighted by atomic mass is 35.5. The van der Waals surface area contributed by atoms with E-state index < -0.39 is 0 Å². The van der Waals surface area contributed by atoms with Crippen LogP contribution in [0.25, 0.3) is 22.0 Å². The van der Waals surface area contributed by atoms with Gasteiger partial charge in [-0.2, -0.15) is 0 Å². The van der Waals surface area contributed by atoms with E-state index in [9.17, 15) is 4.79 Å². The van der Waals surface area contributed by atoms with Crippen LogP contribution in [0.3, 0.4) is 0 Å². The van der Waals surface area contributed by atoms with Gasteiger partial charge < -0.3 is 13.9 Å². The van der Waals surface area contributed by atoms with Crippen LogP contribution in [0.4, 0.5) is 0 Å². The van der Waals surface area contributed by atoms with E-state index in [1.165, 1.54) is 5.56 Å². The van der Waals surface area contributed by atoms with Gasteiger partial charge in [0.2, 0.25) is 0 Å². The molecule has 34 heavy (non-hydrogen) atoms. The summed E-state index contributed by atoms with van der Waals surface area (Å²) >= 11 is 6.21. The Labute approximate surface area is 202 Å². The number of halogens is 1. The lowest BCUT2D eigenvalue weighted by molar-refractivity contribution is 0.319. The Morgan fingerprint density at radius 3 is 2.65 bits per heavy atom. The zero-order valence-corrected chi connectivity index (χ0v) is 19.6. The second-order valence-electron chi connectivity index (χ2n) is 8.24. The van der Waals surface area contributed by atoms with Crippen molar-refractivity contribution >= 4 is 22.5 Å². The average Bonchev–Trinajstić information content (AvgIpc) is 3.28. The smallest absolute Gasteiger partial charge is 0.251 e. The standard InChI is InChI=1S/C28H24ClN3O2/c1-31-27-11-10-24(15-26(27)25(16-28(31)33)21-8-5-9-22(29)14-21)34-13-12-23-17-30-19-32(23)18-20-6-3-2-4-7-20/h2-11,14-17,19H,12-13,18H2,1H3. The Bertz CT molecular complexity index is 1510. The molecule has 5 aromatic rings. The summed E-state index contributed by atoms with van der Waals surface area (Å²) in [4.78, 5) is 16.9. The summed E-state index contributed by atoms with van der Waals surface area (Å²) in [5.41, 5.74) is 4.87. The maximum absolute atomic E-state index is 12.6. The molecule has 0 saturated heterocycles. The number of aryl methyl sites for hydroxylation is 1. The van der Waals surface area contributed by atoms with Gasteiger partial charge in [-0.1, -0.05) is 54.1 Å². The normalized spacial score (nSPS) is 11.1. The van der Waals surface area contributed by atoms with Gasteiger partial charge in [-0.05, 0) is 47.0 Å². The summed E-state index contributed by atoms with van der Waals surface area (Å²) < 4.78 is 9.92. The van der Waals surface area contributed by atoms with Crippen molar-refractivity contribution < 1.29 is 4.74 Å². The molecule has 2 aromatic heterocycles. The van der Waals surface area contributed by atoms with Gasteiger partial charge in [-0.15, -0.1) is 0 Å². The molecule has 5 nitrogen and oxygen atoms in total. The van der Waals surface area contributed by atoms with Crippen LogP contribution in [0.5, 0.6) is 5.75 Å². The lowest BCUT2D eigenvalue weighted by atomic mass is 10.0. The quantitative estimate of drug-likeness (QED) is 0.306. The molecule has 0 bridgehead atoms. The number of aromatic nitrogens is 3. The second kappa shape index (κ2) is 9.57. The number of imidazole rings is 1. The van der Waals surface area contributed by atoms with Crippen LogP contribution < -0.4 is 10.3 Å². The van der Waals surface area contributed by atoms with E-state index in [0.29, 0.717) is 11.6 Å². The minimum Gasteiger partial charge on any atom is -0.493 e. The first kappa shape index (κ1) is 22.0. The highest BCUT2D eigenvalue weighted by Crippen LogP contribution is 2.31. The SMILES string of the molecule is Cn1c(=O)cc(-c2cccc(Cl)c2)c2cc(OCCc3cncn3Cc3ccccc3)ccc21.